The number of aliphatic hydroxyl groups is 2. The van der Waals surface area contributed by atoms with Crippen LogP contribution in [0.3, 0.4) is 0 Å². The highest BCUT2D eigenvalue weighted by atomic mass is 31.2. The minimum Gasteiger partial charge on any atom is -0.394 e. The summed E-state index contributed by atoms with van der Waals surface area (Å²) in [6, 6.07) is 0. The van der Waals surface area contributed by atoms with E-state index in [1.54, 1.807) is 0 Å². The smallest absolute Gasteiger partial charge is 0.394 e. The van der Waals surface area contributed by atoms with Crippen LogP contribution in [0.2, 0.25) is 0 Å². The number of nitrogens with two attached hydrogens (primary N) is 2. The van der Waals surface area contributed by atoms with Crippen molar-refractivity contribution in [1.29, 1.82) is 0 Å². The van der Waals surface area contributed by atoms with Crippen molar-refractivity contribution in [2.75, 3.05) is 65.3 Å². The molecule has 0 bridgehead atoms. The van der Waals surface area contributed by atoms with Crippen molar-refractivity contribution >= 4 is 30.9 Å². The lowest BCUT2D eigenvalue weighted by atomic mass is 10.1. The molecule has 0 radical (unpaired) electrons. The van der Waals surface area contributed by atoms with Gasteiger partial charge in [0, 0.05) is 14.2 Å². The number of aromatic amines is 1. The van der Waals surface area contributed by atoms with Gasteiger partial charge in [0.15, 0.2) is 23.6 Å². The van der Waals surface area contributed by atoms with Crippen molar-refractivity contribution in [3.05, 3.63) is 33.5 Å². The lowest BCUT2D eigenvalue weighted by Crippen LogP contribution is -2.39. The fourth-order valence-electron chi connectivity index (χ4n) is 5.19. The van der Waals surface area contributed by atoms with Crippen LogP contribution in [0.25, 0.3) is 11.2 Å². The lowest BCUT2D eigenvalue weighted by Gasteiger charge is -2.26. The van der Waals surface area contributed by atoms with E-state index < -0.39 is 81.4 Å². The standard InChI is InChI=1S/C24H36N9O14P/c1-40-3-5-42-16-14(35)12(46-20(16)33-10-28-22(25)31-24(33)37)8-44-48(38,39)47-15-11(7-34)45-21(17(15)43-6-4-41-2)32-9-27-13-18(32)29-23(26)30-19(13)36/h9-12,14-17,20-21,34-35H,3-8H2,1-2H3,(H,38,39)(H2,25,31,37)(H3,26,29,30,36)/t11-,12-,14-,15-,16-,17-,20-,21-/m1/s1. The number of fused-ring (bicyclic) bond motifs is 1. The number of imidazole rings is 1. The summed E-state index contributed by atoms with van der Waals surface area (Å²) in [6.45, 7) is -1.22. The maximum Gasteiger partial charge on any atom is 0.472 e. The first-order chi connectivity index (χ1) is 23.0. The third kappa shape index (κ3) is 7.72. The Labute approximate surface area is 270 Å². The number of anilines is 2. The van der Waals surface area contributed by atoms with Crippen molar-refractivity contribution in [1.82, 2.24) is 34.1 Å². The zero-order chi connectivity index (χ0) is 34.6. The molecule has 23 nitrogen and oxygen atoms in total. The van der Waals surface area contributed by atoms with Gasteiger partial charge in [0.05, 0.1) is 46.0 Å². The van der Waals surface area contributed by atoms with Gasteiger partial charge in [-0.1, -0.05) is 0 Å². The van der Waals surface area contributed by atoms with Gasteiger partial charge in [-0.2, -0.15) is 9.97 Å². The fourth-order valence-corrected chi connectivity index (χ4v) is 6.15. The highest BCUT2D eigenvalue weighted by Gasteiger charge is 2.52. The van der Waals surface area contributed by atoms with Crippen molar-refractivity contribution < 1.29 is 57.1 Å². The van der Waals surface area contributed by atoms with E-state index in [9.17, 15) is 29.3 Å². The Morgan fingerprint density at radius 3 is 2.25 bits per heavy atom. The third-order valence-electron chi connectivity index (χ3n) is 7.38. The average molecular weight is 706 g/mol. The number of hydrogen-bond donors (Lipinski definition) is 6. The number of hydrogen-bond acceptors (Lipinski definition) is 19. The van der Waals surface area contributed by atoms with Crippen molar-refractivity contribution in [2.45, 2.75) is 49.1 Å². The molecule has 24 heteroatoms. The molecule has 1 unspecified atom stereocenters. The predicted molar refractivity (Wildman–Crippen MR) is 158 cm³/mol. The second-order valence-corrected chi connectivity index (χ2v) is 11.9. The summed E-state index contributed by atoms with van der Waals surface area (Å²) in [4.78, 5) is 53.5. The molecule has 2 fully saturated rings. The van der Waals surface area contributed by atoms with Crippen molar-refractivity contribution in [2.24, 2.45) is 0 Å². The van der Waals surface area contributed by atoms with Crippen molar-refractivity contribution in [3.8, 4) is 0 Å². The van der Waals surface area contributed by atoms with Gasteiger partial charge in [0.25, 0.3) is 5.56 Å². The van der Waals surface area contributed by atoms with Crippen LogP contribution in [0.5, 0.6) is 0 Å². The van der Waals surface area contributed by atoms with Crippen LogP contribution in [0.4, 0.5) is 11.9 Å². The molecule has 2 aliphatic heterocycles. The Morgan fingerprint density at radius 1 is 0.938 bits per heavy atom. The van der Waals surface area contributed by atoms with E-state index in [0.717, 1.165) is 10.9 Å². The van der Waals surface area contributed by atoms with Gasteiger partial charge in [-0.15, -0.1) is 0 Å². The zero-order valence-electron chi connectivity index (χ0n) is 25.6. The molecule has 5 rings (SSSR count). The van der Waals surface area contributed by atoms with Gasteiger partial charge in [-0.3, -0.25) is 28.0 Å². The van der Waals surface area contributed by atoms with Gasteiger partial charge >= 0.3 is 13.5 Å². The van der Waals surface area contributed by atoms with Gasteiger partial charge in [0.1, 0.15) is 43.0 Å². The molecule has 0 spiro atoms. The van der Waals surface area contributed by atoms with Crippen LogP contribution in [-0.2, 0) is 42.0 Å². The molecule has 0 amide bonds. The van der Waals surface area contributed by atoms with Gasteiger partial charge < -0.3 is 55.0 Å². The van der Waals surface area contributed by atoms with E-state index in [1.807, 2.05) is 0 Å². The number of H-pyrrole nitrogens is 1. The second kappa shape index (κ2) is 15.4. The van der Waals surface area contributed by atoms with Crippen LogP contribution in [0.1, 0.15) is 12.5 Å². The highest BCUT2D eigenvalue weighted by Crippen LogP contribution is 2.50. The number of aromatic nitrogens is 7. The minimum atomic E-state index is -5.05. The molecule has 8 N–H and O–H groups in total. The number of phosphoric acid groups is 1. The van der Waals surface area contributed by atoms with Gasteiger partial charge in [0.2, 0.25) is 11.9 Å². The molecule has 48 heavy (non-hydrogen) atoms. The van der Waals surface area contributed by atoms with Crippen LogP contribution in [-0.4, -0.2) is 140 Å². The summed E-state index contributed by atoms with van der Waals surface area (Å²) in [5, 5.41) is 21.2. The second-order valence-electron chi connectivity index (χ2n) is 10.5. The molecule has 0 aromatic carbocycles. The Hall–Kier alpha value is -3.45. The first kappa shape index (κ1) is 35.8. The molecule has 3 aromatic heterocycles. The van der Waals surface area contributed by atoms with E-state index >= 15 is 0 Å². The number of phosphoric ester groups is 1. The van der Waals surface area contributed by atoms with E-state index in [-0.39, 0.29) is 49.5 Å². The summed E-state index contributed by atoms with van der Waals surface area (Å²) < 4.78 is 59.6. The van der Waals surface area contributed by atoms with E-state index in [1.165, 1.54) is 25.1 Å². The summed E-state index contributed by atoms with van der Waals surface area (Å²) in [5.41, 5.74) is 9.67. The van der Waals surface area contributed by atoms with Crippen molar-refractivity contribution in [3.63, 3.8) is 0 Å². The maximum atomic E-state index is 13.3. The molecule has 2 aliphatic rings. The van der Waals surface area contributed by atoms with Crippen LogP contribution >= 0.6 is 7.82 Å². The molecule has 5 heterocycles. The number of nitrogens with zero attached hydrogens (tertiary/aromatic N) is 6. The third-order valence-corrected chi connectivity index (χ3v) is 8.36. The Bertz CT molecular complexity index is 1710. The van der Waals surface area contributed by atoms with Crippen LogP contribution < -0.4 is 22.7 Å². The molecule has 9 atom stereocenters. The molecular formula is C24H36N9O14P. The number of ether oxygens (including phenoxy) is 6. The largest absolute Gasteiger partial charge is 0.472 e. The molecule has 0 saturated carbocycles. The summed E-state index contributed by atoms with van der Waals surface area (Å²) in [6.07, 6.45) is -8.08. The average Bonchev–Trinajstić information content (AvgIpc) is 3.70. The molecule has 266 valence electrons. The van der Waals surface area contributed by atoms with E-state index in [2.05, 4.69) is 24.9 Å². The quantitative estimate of drug-likeness (QED) is 0.0626. The van der Waals surface area contributed by atoms with E-state index in [0.29, 0.717) is 0 Å². The molecular weight excluding hydrogens is 669 g/mol. The Morgan fingerprint density at radius 2 is 1.58 bits per heavy atom. The SMILES string of the molecule is COCCO[C@@H]1[C@H](O)[C@@H](COP(=O)(O)O[C@H]2[C@@H](OCCOC)[C@H](n3cnc4c(=O)[nH]c(N)nc43)O[C@@H]2CO)O[C@H]1n1cnc(N)nc1=O. The Balaban J connectivity index is 1.34. The lowest BCUT2D eigenvalue weighted by molar-refractivity contribution is -0.0840. The first-order valence-electron chi connectivity index (χ1n) is 14.4. The predicted octanol–water partition coefficient (Wildman–Crippen LogP) is -3.35. The van der Waals surface area contributed by atoms with Gasteiger partial charge in [-0.25, -0.2) is 19.3 Å². The first-order valence-corrected chi connectivity index (χ1v) is 15.9. The molecule has 0 aliphatic carbocycles. The Kier molecular flexibility index (Phi) is 11.5. The number of nitrogens with one attached hydrogen (secondary N) is 1. The highest BCUT2D eigenvalue weighted by molar-refractivity contribution is 7.47. The monoisotopic (exact) mass is 705 g/mol. The van der Waals surface area contributed by atoms with Crippen LogP contribution in [0, 0.1) is 0 Å². The topological polar surface area (TPSA) is 315 Å². The summed E-state index contributed by atoms with van der Waals surface area (Å²) in [5.74, 6) is -0.494. The molecule has 2 saturated heterocycles. The fraction of sp³-hybridized carbons (Fsp3) is 0.667. The number of rotatable bonds is 16. The van der Waals surface area contributed by atoms with E-state index in [4.69, 9.17) is 48.9 Å². The zero-order valence-corrected chi connectivity index (χ0v) is 26.5. The summed E-state index contributed by atoms with van der Waals surface area (Å²) >= 11 is 0. The number of nitrogen functional groups attached to an aromatic ring is 2. The van der Waals surface area contributed by atoms with Gasteiger partial charge in [-0.05, 0) is 0 Å². The summed E-state index contributed by atoms with van der Waals surface area (Å²) in [7, 11) is -2.18. The van der Waals surface area contributed by atoms with Crippen LogP contribution in [0.15, 0.2) is 22.2 Å². The minimum absolute atomic E-state index is 0.00357. The number of methoxy groups -OCH3 is 2. The molecule has 3 aromatic rings. The number of aliphatic hydroxyl groups excluding tert-OH is 2. The normalized spacial score (nSPS) is 28.7. The maximum absolute atomic E-state index is 13.3.